The van der Waals surface area contributed by atoms with Gasteiger partial charge in [0.2, 0.25) is 88.6 Å². The van der Waals surface area contributed by atoms with Crippen LogP contribution in [0.1, 0.15) is 106 Å². The summed E-state index contributed by atoms with van der Waals surface area (Å²) in [6, 6.07) is 12.3. The molecular weight excluding hydrogens is 1750 g/mol. The number of phenolic OH excluding ortho intramolecular Hbond substituents is 1. The van der Waals surface area contributed by atoms with Crippen LogP contribution in [-0.2, 0) is 118 Å². The van der Waals surface area contributed by atoms with E-state index in [-0.39, 0.29) is 83.2 Å². The number of aliphatic carboxylic acids is 2. The van der Waals surface area contributed by atoms with Gasteiger partial charge in [-0.15, -0.1) is 11.8 Å². The van der Waals surface area contributed by atoms with Crippen molar-refractivity contribution in [3.05, 3.63) is 173 Å². The van der Waals surface area contributed by atoms with Crippen LogP contribution in [0.4, 0.5) is 4.39 Å². The van der Waals surface area contributed by atoms with E-state index in [4.69, 9.17) is 16.2 Å². The van der Waals surface area contributed by atoms with Gasteiger partial charge in [0.05, 0.1) is 38.0 Å². The number of carboxylic acid groups (broad SMARTS) is 2. The van der Waals surface area contributed by atoms with Crippen LogP contribution >= 0.6 is 11.8 Å². The maximum Gasteiger partial charge on any atom is 0.305 e. The molecule has 3 aliphatic rings. The van der Waals surface area contributed by atoms with Gasteiger partial charge >= 0.3 is 11.9 Å². The van der Waals surface area contributed by atoms with Crippen molar-refractivity contribution in [3.8, 4) is 5.75 Å². The average Bonchev–Trinajstić information content (AvgIpc) is 1.72. The van der Waals surface area contributed by atoms with Gasteiger partial charge in [0.25, 0.3) is 0 Å². The number of primary amides is 1. The largest absolute Gasteiger partial charge is 0.508 e. The molecule has 133 heavy (non-hydrogen) atoms. The predicted octanol–water partition coefficient (Wildman–Crippen LogP) is -0.653. The molecule has 716 valence electrons. The van der Waals surface area contributed by atoms with E-state index >= 15 is 43.2 Å². The van der Waals surface area contributed by atoms with Crippen molar-refractivity contribution in [1.29, 1.82) is 0 Å². The van der Waals surface area contributed by atoms with Gasteiger partial charge in [-0.1, -0.05) is 137 Å². The summed E-state index contributed by atoms with van der Waals surface area (Å²) in [5.74, 6) is -20.9. The first-order chi connectivity index (χ1) is 63.4. The molecule has 18 N–H and O–H groups in total. The molecule has 41 heteroatoms. The van der Waals surface area contributed by atoms with Gasteiger partial charge < -0.3 is 114 Å². The van der Waals surface area contributed by atoms with Gasteiger partial charge in [-0.3, -0.25) is 81.5 Å². The zero-order valence-electron chi connectivity index (χ0n) is 74.8. The third-order valence-electron chi connectivity index (χ3n) is 23.4. The first-order valence-electron chi connectivity index (χ1n) is 43.9. The van der Waals surface area contributed by atoms with Crippen LogP contribution in [0.15, 0.2) is 140 Å². The lowest BCUT2D eigenvalue weighted by atomic mass is 9.98. The van der Waals surface area contributed by atoms with Gasteiger partial charge in [-0.2, -0.15) is 0 Å². The summed E-state index contributed by atoms with van der Waals surface area (Å²) in [7, 11) is 3.79. The number of hydrogen-bond donors (Lipinski definition) is 16. The molecule has 4 heterocycles. The number of carbonyl (C=O) groups is 17. The van der Waals surface area contributed by atoms with Gasteiger partial charge in [-0.25, -0.2) is 4.39 Å². The fourth-order valence-corrected chi connectivity index (χ4v) is 16.9. The van der Waals surface area contributed by atoms with Gasteiger partial charge in [0.15, 0.2) is 0 Å². The summed E-state index contributed by atoms with van der Waals surface area (Å²) in [6.45, 7) is 2.35. The summed E-state index contributed by atoms with van der Waals surface area (Å²) >= 11 is 0.745. The minimum atomic E-state index is -2.03. The van der Waals surface area contributed by atoms with E-state index in [9.17, 15) is 63.2 Å². The van der Waals surface area contributed by atoms with E-state index in [1.54, 1.807) is 98.0 Å². The highest BCUT2D eigenvalue weighted by Crippen LogP contribution is 2.28. The van der Waals surface area contributed by atoms with Crippen molar-refractivity contribution in [2.75, 3.05) is 72.0 Å². The van der Waals surface area contributed by atoms with E-state index in [1.165, 1.54) is 71.4 Å². The molecule has 15 amide bonds. The molecule has 0 aliphatic carbocycles. The molecule has 14 atom stereocenters. The van der Waals surface area contributed by atoms with Crippen molar-refractivity contribution in [2.45, 2.75) is 195 Å². The lowest BCUT2D eigenvalue weighted by Crippen LogP contribution is -2.64. The molecule has 0 bridgehead atoms. The standard InChI is InChI=1S/C92H118FN17O22S/c1-7-8-25-70-91(130)110-48-60(112)44-72(110)86(125)103-67(45-78(117)118)84(123)105-79(52(2)3)92(131)107(5)71(41-53-18-11-9-12-19-53)85(124)100-64(34-35-77(115)116)89(128)109-37-38-132-49-74(109)87(126)102-66(43-57-46-96-62-23-16-15-22-61(57)62)83(122)101-65(39-56-28-32-59(111)33-29-56)82(121)99-63(24-17-36-94)81(120)104-69(80(119)97-47-75(95)113)50-133-51-76(114)98-68(40-55-26-30-58(93)31-27-55)88(127)108(6)73(90(129)106(70)4)42-54-20-13-10-14-21-54/h9-16,18-23,26-33,46,52,60,63-74,79,96,111-112H,7-8,17,24-25,34-45,47-51,94H2,1-6H3,(H2,95,113)(H,97,119)(H,98,114)(H,99,121)(H,100,124)(H,101,122)(H,102,126)(H,103,125)(H,104,120)(H,105,123)(H,115,116)(H,117,118)/t60-,63+,64+,65+,66-,67+,68+,69+,70+,71+,72-,73+,74-,79+/m1/s1. The number of morpholine rings is 1. The Hall–Kier alpha value is -13.4. The summed E-state index contributed by atoms with van der Waals surface area (Å²) in [5, 5.41) is 66.4. The molecule has 6 aromatic rings. The Kier molecular flexibility index (Phi) is 38.6. The predicted molar refractivity (Wildman–Crippen MR) is 483 cm³/mol. The number of aliphatic hydroxyl groups is 1. The lowest BCUT2D eigenvalue weighted by molar-refractivity contribution is -0.152. The van der Waals surface area contributed by atoms with Crippen LogP contribution in [0.5, 0.6) is 5.75 Å². The fourth-order valence-electron chi connectivity index (χ4n) is 16.0. The molecule has 9 rings (SSSR count). The number of phenols is 1. The van der Waals surface area contributed by atoms with Crippen LogP contribution in [0.3, 0.4) is 0 Å². The Morgan fingerprint density at radius 1 is 0.541 bits per heavy atom. The number of H-pyrrole nitrogens is 1. The monoisotopic (exact) mass is 1860 g/mol. The normalized spacial score (nSPS) is 24.2. The highest BCUT2D eigenvalue weighted by molar-refractivity contribution is 8.00. The summed E-state index contributed by atoms with van der Waals surface area (Å²) < 4.78 is 20.4. The molecule has 3 aliphatic heterocycles. The smallest absolute Gasteiger partial charge is 0.305 e. The number of carboxylic acids is 2. The Morgan fingerprint density at radius 2 is 1.09 bits per heavy atom. The van der Waals surface area contributed by atoms with E-state index < -0.39 is 254 Å². The number of amides is 15. The van der Waals surface area contributed by atoms with Gasteiger partial charge in [-0.05, 0) is 96.3 Å². The third-order valence-corrected chi connectivity index (χ3v) is 24.5. The number of ether oxygens (including phenoxy) is 1. The van der Waals surface area contributed by atoms with Crippen LogP contribution in [-0.4, -0.2) is 307 Å². The summed E-state index contributed by atoms with van der Waals surface area (Å²) in [5.41, 5.74) is 14.1. The van der Waals surface area contributed by atoms with Crippen molar-refractivity contribution < 1.29 is 111 Å². The molecule has 1 aromatic heterocycles. The maximum absolute atomic E-state index is 15.7. The van der Waals surface area contributed by atoms with Crippen LogP contribution in [0.25, 0.3) is 10.9 Å². The maximum atomic E-state index is 15.7. The SMILES string of the molecule is CCCC[C@H]1C(=O)N2C[C@H](O)C[C@@H]2C(=O)N[C@@H](CC(=O)O)C(=O)N[C@@H](C(C)C)C(=O)N(C)[C@@H](Cc2ccccc2)C(=O)N[C@@H](CCC(=O)O)C(=O)N2CCOC[C@@H]2C(=O)N[C@H](Cc2c[nH]c3ccccc23)C(=O)N[C@@H](Cc2ccc(O)cc2)C(=O)N[C@@H](CCCN)C(=O)N[C@H](C(=O)NCC(N)=O)CSCC(=O)N[C@@H](Cc2ccc(F)cc2)C(=O)N(C)[C@@H](Cc2ccccc2)C(=O)N1C. The van der Waals surface area contributed by atoms with Crippen molar-refractivity contribution in [1.82, 2.24) is 77.3 Å². The molecule has 0 unspecified atom stereocenters. The van der Waals surface area contributed by atoms with Crippen molar-refractivity contribution in [3.63, 3.8) is 0 Å². The Balaban J connectivity index is 1.14. The number of hydrogen-bond acceptors (Lipinski definition) is 22. The number of benzene rings is 5. The Morgan fingerprint density at radius 3 is 1.71 bits per heavy atom. The number of nitrogens with one attached hydrogen (secondary N) is 10. The second-order valence-electron chi connectivity index (χ2n) is 33.6. The van der Waals surface area contributed by atoms with E-state index in [0.29, 0.717) is 45.1 Å². The Bertz CT molecular complexity index is 5120. The number of rotatable bonds is 25. The molecule has 0 spiro atoms. The fraction of sp³-hybridized carbons (Fsp3) is 0.467. The van der Waals surface area contributed by atoms with Crippen LogP contribution < -0.4 is 59.3 Å². The first kappa shape index (κ1) is 103. The van der Waals surface area contributed by atoms with E-state index in [2.05, 4.69) is 52.8 Å². The van der Waals surface area contributed by atoms with E-state index in [1.807, 2.05) is 0 Å². The number of fused-ring (bicyclic) bond motifs is 3. The highest BCUT2D eigenvalue weighted by atomic mass is 32.2. The number of nitrogens with zero attached hydrogens (tertiary/aromatic N) is 5. The molecule has 3 saturated heterocycles. The number of nitrogens with two attached hydrogens (primary N) is 2. The zero-order valence-corrected chi connectivity index (χ0v) is 75.6. The minimum Gasteiger partial charge on any atom is -0.508 e. The number of thioether (sulfide) groups is 1. The minimum absolute atomic E-state index is 0.0426. The second kappa shape index (κ2) is 49.7. The van der Waals surface area contributed by atoms with Gasteiger partial charge in [0.1, 0.15) is 90.1 Å². The lowest BCUT2D eigenvalue weighted by Gasteiger charge is -2.38. The van der Waals surface area contributed by atoms with Crippen LogP contribution in [0.2, 0.25) is 0 Å². The zero-order chi connectivity index (χ0) is 96.9. The second-order valence-corrected chi connectivity index (χ2v) is 34.6. The number of aliphatic hydroxyl groups excluding tert-OH is 1. The third kappa shape index (κ3) is 29.5. The average molecular weight is 1870 g/mol. The summed E-state index contributed by atoms with van der Waals surface area (Å²) in [6.07, 6.45) is -3.95. The van der Waals surface area contributed by atoms with E-state index in [0.717, 1.165) is 48.4 Å². The Labute approximate surface area is 771 Å². The number of likely N-dealkylation sites (N-methyl/N-ethyl adjacent to an activating group) is 3. The first-order valence-corrected chi connectivity index (χ1v) is 45.1. The summed E-state index contributed by atoms with van der Waals surface area (Å²) in [4.78, 5) is 258. The number of carbonyl (C=O) groups excluding carboxylic acids is 15. The number of aromatic amines is 1. The molecule has 3 fully saturated rings. The number of aromatic hydroxyl groups is 1. The molecular formula is C92H118FN17O22S. The topological polar surface area (TPSA) is 573 Å². The van der Waals surface area contributed by atoms with Crippen LogP contribution in [0, 0.1) is 11.7 Å². The number of para-hydroxylation sites is 1. The number of halogens is 1. The quantitative estimate of drug-likeness (QED) is 0.0338. The number of unbranched alkanes of at least 4 members (excludes halogenated alkanes) is 1. The van der Waals surface area contributed by atoms with Gasteiger partial charge in [0, 0.05) is 102 Å². The molecule has 5 aromatic carbocycles. The van der Waals surface area contributed by atoms with Crippen molar-refractivity contribution >= 4 is 123 Å². The van der Waals surface area contributed by atoms with Crippen molar-refractivity contribution in [2.24, 2.45) is 17.4 Å². The number of aromatic nitrogens is 1. The molecule has 39 nitrogen and oxygen atoms in total. The highest BCUT2D eigenvalue weighted by Gasteiger charge is 2.48. The molecule has 0 radical (unpaired) electrons. The molecule has 0 saturated carbocycles.